The Labute approximate surface area is 175 Å². The van der Waals surface area contributed by atoms with Crippen molar-refractivity contribution < 1.29 is 18.8 Å². The van der Waals surface area contributed by atoms with Gasteiger partial charge in [-0.15, -0.1) is 0 Å². The summed E-state index contributed by atoms with van der Waals surface area (Å²) in [5.41, 5.74) is 1.39. The van der Waals surface area contributed by atoms with E-state index in [0.29, 0.717) is 18.1 Å². The first-order valence-corrected chi connectivity index (χ1v) is 10.7. The fourth-order valence-corrected chi connectivity index (χ4v) is 4.64. The van der Waals surface area contributed by atoms with Crippen molar-refractivity contribution in [3.8, 4) is 0 Å². The van der Waals surface area contributed by atoms with E-state index in [4.69, 9.17) is 9.47 Å². The van der Waals surface area contributed by atoms with Gasteiger partial charge in [-0.3, -0.25) is 4.90 Å². The summed E-state index contributed by atoms with van der Waals surface area (Å²) in [7, 11) is 6.86. The molecule has 1 heterocycles. The highest BCUT2D eigenvalue weighted by Gasteiger charge is 2.35. The van der Waals surface area contributed by atoms with E-state index in [1.54, 1.807) is 45.3 Å². The first-order chi connectivity index (χ1) is 13.9. The van der Waals surface area contributed by atoms with Crippen LogP contribution in [0.1, 0.15) is 18.4 Å². The van der Waals surface area contributed by atoms with Gasteiger partial charge in [0, 0.05) is 71.2 Å². The second-order valence-electron chi connectivity index (χ2n) is 7.34. The number of anilines is 1. The van der Waals surface area contributed by atoms with Gasteiger partial charge in [0.05, 0.1) is 5.60 Å². The van der Waals surface area contributed by atoms with Crippen LogP contribution in [0.4, 0.5) is 10.5 Å². The van der Waals surface area contributed by atoms with Gasteiger partial charge in [-0.2, -0.15) is 0 Å². The Balaban J connectivity index is 1.82. The molecule has 3 rings (SSSR count). The Hall–Kier alpha value is -2.06. The Morgan fingerprint density at radius 2 is 1.72 bits per heavy atom. The van der Waals surface area contributed by atoms with Crippen LogP contribution in [0.5, 0.6) is 0 Å². The fourth-order valence-electron chi connectivity index (χ4n) is 3.55. The predicted octanol–water partition coefficient (Wildman–Crippen LogP) is 3.62. The molecule has 2 amide bonds. The van der Waals surface area contributed by atoms with Crippen molar-refractivity contribution in [1.82, 2.24) is 4.90 Å². The van der Waals surface area contributed by atoms with Crippen molar-refractivity contribution in [2.45, 2.75) is 28.2 Å². The standard InChI is InChI=1S/C22H28N2O4S/c1-23(2)21(25)24(3)18-8-10-19(11-9-18)29(26)20-7-5-6-17(16-20)22(27-4)12-14-28-15-13-22/h5-11,16H,12-15H2,1-4H3. The number of hydrogen-bond acceptors (Lipinski definition) is 4. The van der Waals surface area contributed by atoms with Crippen LogP contribution in [0, 0.1) is 0 Å². The lowest BCUT2D eigenvalue weighted by atomic mass is 9.86. The molecule has 1 aliphatic rings. The number of amides is 2. The molecule has 156 valence electrons. The zero-order chi connectivity index (χ0) is 21.0. The number of methoxy groups -OCH3 is 1. The molecular formula is C22H28N2O4S. The maximum absolute atomic E-state index is 13.2. The van der Waals surface area contributed by atoms with Crippen molar-refractivity contribution in [2.75, 3.05) is 46.4 Å². The van der Waals surface area contributed by atoms with E-state index in [1.165, 1.54) is 4.90 Å². The summed E-state index contributed by atoms with van der Waals surface area (Å²) in [6, 6.07) is 14.9. The normalized spacial score (nSPS) is 16.9. The van der Waals surface area contributed by atoms with Crippen LogP contribution >= 0.6 is 0 Å². The van der Waals surface area contributed by atoms with E-state index < -0.39 is 16.8 Å². The number of urea groups is 1. The van der Waals surface area contributed by atoms with E-state index in [9.17, 15) is 9.35 Å². The Kier molecular flexibility index (Phi) is 6.85. The van der Waals surface area contributed by atoms with Gasteiger partial charge < -0.3 is 18.9 Å². The predicted molar refractivity (Wildman–Crippen MR) is 114 cm³/mol. The summed E-state index contributed by atoms with van der Waals surface area (Å²) in [5.74, 6) is 0. The van der Waals surface area contributed by atoms with E-state index in [2.05, 4.69) is 0 Å². The molecule has 2 aromatic rings. The number of rotatable bonds is 5. The van der Waals surface area contributed by atoms with Gasteiger partial charge in [0.15, 0.2) is 9.79 Å². The number of carbonyl (C=O) groups is 1. The first-order valence-electron chi connectivity index (χ1n) is 9.58. The maximum atomic E-state index is 13.2. The van der Waals surface area contributed by atoms with Crippen LogP contribution < -0.4 is 4.90 Å². The summed E-state index contributed by atoms with van der Waals surface area (Å²) < 4.78 is 24.5. The number of carbonyl (C=O) groups excluding carboxylic acids is 1. The van der Waals surface area contributed by atoms with Crippen LogP contribution in [0.3, 0.4) is 0 Å². The van der Waals surface area contributed by atoms with Gasteiger partial charge in [-0.1, -0.05) is 12.1 Å². The van der Waals surface area contributed by atoms with Gasteiger partial charge in [0.2, 0.25) is 0 Å². The Morgan fingerprint density at radius 3 is 2.31 bits per heavy atom. The SMILES string of the molecule is COC1(c2cccc([S+]([O-])c3ccc(N(C)C(=O)N(C)C)cc3)c2)CCOCC1. The van der Waals surface area contributed by atoms with Crippen molar-refractivity contribution in [3.05, 3.63) is 54.1 Å². The molecule has 1 atom stereocenters. The molecule has 29 heavy (non-hydrogen) atoms. The maximum Gasteiger partial charge on any atom is 0.323 e. The lowest BCUT2D eigenvalue weighted by Crippen LogP contribution is -2.36. The second-order valence-corrected chi connectivity index (χ2v) is 8.82. The molecule has 0 saturated carbocycles. The molecule has 2 aromatic carbocycles. The summed E-state index contributed by atoms with van der Waals surface area (Å²) in [6.45, 7) is 1.31. The Bertz CT molecular complexity index is 835. The van der Waals surface area contributed by atoms with Crippen molar-refractivity contribution in [3.63, 3.8) is 0 Å². The monoisotopic (exact) mass is 416 g/mol. The Morgan fingerprint density at radius 1 is 1.07 bits per heavy atom. The molecule has 7 heteroatoms. The van der Waals surface area contributed by atoms with Gasteiger partial charge in [-0.05, 0) is 42.0 Å². The molecule has 1 fully saturated rings. The van der Waals surface area contributed by atoms with E-state index >= 15 is 0 Å². The van der Waals surface area contributed by atoms with Gasteiger partial charge in [-0.25, -0.2) is 4.79 Å². The number of ether oxygens (including phenoxy) is 2. The first kappa shape index (κ1) is 21.6. The third kappa shape index (κ3) is 4.59. The number of nitrogens with zero attached hydrogens (tertiary/aromatic N) is 2. The molecule has 0 bridgehead atoms. The molecule has 1 aliphatic heterocycles. The average molecular weight is 417 g/mol. The zero-order valence-corrected chi connectivity index (χ0v) is 18.2. The van der Waals surface area contributed by atoms with Gasteiger partial charge in [0.1, 0.15) is 0 Å². The number of hydrogen-bond donors (Lipinski definition) is 0. The van der Waals surface area contributed by atoms with Crippen molar-refractivity contribution >= 4 is 22.9 Å². The van der Waals surface area contributed by atoms with Crippen LogP contribution in [0.15, 0.2) is 58.3 Å². The zero-order valence-electron chi connectivity index (χ0n) is 17.4. The minimum Gasteiger partial charge on any atom is -0.606 e. The van der Waals surface area contributed by atoms with E-state index in [0.717, 1.165) is 29.0 Å². The lowest BCUT2D eigenvalue weighted by Gasteiger charge is -2.36. The second kappa shape index (κ2) is 9.17. The van der Waals surface area contributed by atoms with Crippen LogP contribution in [-0.2, 0) is 26.3 Å². The van der Waals surface area contributed by atoms with Crippen LogP contribution in [-0.4, -0.2) is 57.0 Å². The van der Waals surface area contributed by atoms with E-state index in [1.807, 2.05) is 36.4 Å². The third-order valence-electron chi connectivity index (χ3n) is 5.37. The van der Waals surface area contributed by atoms with Gasteiger partial charge >= 0.3 is 6.03 Å². The highest BCUT2D eigenvalue weighted by Crippen LogP contribution is 2.37. The average Bonchev–Trinajstić information content (AvgIpc) is 2.78. The van der Waals surface area contributed by atoms with E-state index in [-0.39, 0.29) is 6.03 Å². The molecule has 0 spiro atoms. The third-order valence-corrected chi connectivity index (χ3v) is 6.76. The molecule has 0 aromatic heterocycles. The summed E-state index contributed by atoms with van der Waals surface area (Å²) >= 11 is -1.32. The van der Waals surface area contributed by atoms with Crippen molar-refractivity contribution in [2.24, 2.45) is 0 Å². The van der Waals surface area contributed by atoms with Crippen LogP contribution in [0.25, 0.3) is 0 Å². The fraction of sp³-hybridized carbons (Fsp3) is 0.409. The quantitative estimate of drug-likeness (QED) is 0.699. The molecule has 1 saturated heterocycles. The minimum absolute atomic E-state index is 0.118. The summed E-state index contributed by atoms with van der Waals surface area (Å²) in [6.07, 6.45) is 1.56. The smallest absolute Gasteiger partial charge is 0.323 e. The highest BCUT2D eigenvalue weighted by molar-refractivity contribution is 7.91. The lowest BCUT2D eigenvalue weighted by molar-refractivity contribution is -0.0948. The topological polar surface area (TPSA) is 65.1 Å². The molecule has 0 radical (unpaired) electrons. The van der Waals surface area contributed by atoms with Gasteiger partial charge in [0.25, 0.3) is 0 Å². The largest absolute Gasteiger partial charge is 0.606 e. The molecule has 0 aliphatic carbocycles. The summed E-state index contributed by atoms with van der Waals surface area (Å²) in [4.78, 5) is 16.6. The number of benzene rings is 2. The summed E-state index contributed by atoms with van der Waals surface area (Å²) in [5, 5.41) is 0. The minimum atomic E-state index is -1.32. The molecular weight excluding hydrogens is 388 g/mol. The molecule has 0 N–H and O–H groups in total. The molecule has 6 nitrogen and oxygen atoms in total. The van der Waals surface area contributed by atoms with Crippen LogP contribution in [0.2, 0.25) is 0 Å². The van der Waals surface area contributed by atoms with Crippen molar-refractivity contribution in [1.29, 1.82) is 0 Å². The molecule has 1 unspecified atom stereocenters. The highest BCUT2D eigenvalue weighted by atomic mass is 32.2.